The molecule has 2 amide bonds. The summed E-state index contributed by atoms with van der Waals surface area (Å²) >= 11 is 0. The number of hydrogen-bond acceptors (Lipinski definition) is 3. The van der Waals surface area contributed by atoms with Crippen molar-refractivity contribution in [1.29, 1.82) is 0 Å². The molecule has 1 saturated carbocycles. The number of rotatable bonds is 7. The van der Waals surface area contributed by atoms with E-state index >= 15 is 0 Å². The van der Waals surface area contributed by atoms with Crippen LogP contribution in [0.3, 0.4) is 0 Å². The topological polar surface area (TPSA) is 52.7 Å². The highest BCUT2D eigenvalue weighted by molar-refractivity contribution is 5.94. The van der Waals surface area contributed by atoms with Gasteiger partial charge in [0.25, 0.3) is 5.91 Å². The summed E-state index contributed by atoms with van der Waals surface area (Å²) in [6, 6.07) is 6.80. The molecule has 1 aromatic carbocycles. The van der Waals surface area contributed by atoms with E-state index in [2.05, 4.69) is 15.1 Å². The minimum Gasteiger partial charge on any atom is -0.356 e. The Kier molecular flexibility index (Phi) is 6.49. The molecule has 1 aliphatic carbocycles. The van der Waals surface area contributed by atoms with Crippen molar-refractivity contribution >= 4 is 11.8 Å². The molecular weight excluding hydrogens is 405 g/mol. The van der Waals surface area contributed by atoms with Gasteiger partial charge in [0.2, 0.25) is 5.91 Å². The Morgan fingerprint density at radius 3 is 2.69 bits per heavy atom. The second-order valence-corrected chi connectivity index (χ2v) is 10.4. The third-order valence-corrected chi connectivity index (χ3v) is 8.19. The number of halogens is 1. The van der Waals surface area contributed by atoms with Gasteiger partial charge < -0.3 is 10.2 Å². The van der Waals surface area contributed by atoms with E-state index in [4.69, 9.17) is 0 Å². The zero-order valence-corrected chi connectivity index (χ0v) is 19.0. The van der Waals surface area contributed by atoms with Gasteiger partial charge in [-0.1, -0.05) is 6.07 Å². The highest BCUT2D eigenvalue weighted by Gasteiger charge is 2.49. The lowest BCUT2D eigenvalue weighted by Crippen LogP contribution is -2.65. The summed E-state index contributed by atoms with van der Waals surface area (Å²) in [6.45, 7) is 3.91. The third-order valence-electron chi connectivity index (χ3n) is 8.19. The second-order valence-electron chi connectivity index (χ2n) is 10.4. The number of nitrogens with zero attached hydrogens (tertiary/aromatic N) is 2. The molecule has 6 heteroatoms. The normalized spacial score (nSPS) is 30.0. The lowest BCUT2D eigenvalue weighted by atomic mass is 9.69. The molecule has 4 aliphatic rings. The van der Waals surface area contributed by atoms with Crippen LogP contribution in [-0.4, -0.2) is 59.9 Å². The largest absolute Gasteiger partial charge is 0.356 e. The van der Waals surface area contributed by atoms with Crippen LogP contribution < -0.4 is 5.32 Å². The minimum atomic E-state index is -0.365. The van der Waals surface area contributed by atoms with Crippen LogP contribution in [0, 0.1) is 23.6 Å². The van der Waals surface area contributed by atoms with Gasteiger partial charge in [-0.05, 0) is 100 Å². The predicted octanol–water partition coefficient (Wildman–Crippen LogP) is 3.84. The van der Waals surface area contributed by atoms with Crippen molar-refractivity contribution in [2.75, 3.05) is 26.2 Å². The molecule has 4 fully saturated rings. The fourth-order valence-electron chi connectivity index (χ4n) is 6.53. The van der Waals surface area contributed by atoms with Crippen molar-refractivity contribution in [3.63, 3.8) is 0 Å². The first-order valence-corrected chi connectivity index (χ1v) is 12.7. The van der Waals surface area contributed by atoms with E-state index in [-0.39, 0.29) is 23.7 Å². The highest BCUT2D eigenvalue weighted by Crippen LogP contribution is 2.43. The monoisotopic (exact) mass is 441 g/mol. The number of nitrogens with one attached hydrogen (secondary N) is 1. The highest BCUT2D eigenvalue weighted by atomic mass is 19.1. The molecule has 0 aromatic heterocycles. The van der Waals surface area contributed by atoms with Crippen molar-refractivity contribution in [1.82, 2.24) is 15.1 Å². The van der Waals surface area contributed by atoms with E-state index in [1.54, 1.807) is 12.1 Å². The first kappa shape index (κ1) is 21.9. The predicted molar refractivity (Wildman–Crippen MR) is 122 cm³/mol. The maximum Gasteiger partial charge on any atom is 0.254 e. The van der Waals surface area contributed by atoms with Crippen molar-refractivity contribution < 1.29 is 14.0 Å². The zero-order valence-electron chi connectivity index (χ0n) is 19.0. The summed E-state index contributed by atoms with van der Waals surface area (Å²) < 4.78 is 13.9. The van der Waals surface area contributed by atoms with Gasteiger partial charge in [-0.15, -0.1) is 0 Å². The van der Waals surface area contributed by atoms with Crippen LogP contribution in [0.5, 0.6) is 0 Å². The molecule has 3 saturated heterocycles. The SMILES string of the molecule is O=C(CCC[C@@H]1[C@H]2CCCN3CCC[C@@H](CN1C(=O)c1cccc(F)c1)[C@@H]23)NCC1CC1. The smallest absolute Gasteiger partial charge is 0.254 e. The zero-order chi connectivity index (χ0) is 22.1. The fraction of sp³-hybridized carbons (Fsp3) is 0.692. The Morgan fingerprint density at radius 1 is 1.09 bits per heavy atom. The van der Waals surface area contributed by atoms with Crippen LogP contribution in [0.15, 0.2) is 24.3 Å². The Hall–Kier alpha value is -1.95. The number of benzene rings is 1. The van der Waals surface area contributed by atoms with Gasteiger partial charge in [0, 0.05) is 37.2 Å². The van der Waals surface area contributed by atoms with Gasteiger partial charge in [-0.2, -0.15) is 0 Å². The van der Waals surface area contributed by atoms with Crippen LogP contribution in [0.25, 0.3) is 0 Å². The summed E-state index contributed by atoms with van der Waals surface area (Å²) in [5, 5.41) is 3.07. The molecule has 0 radical (unpaired) electrons. The molecule has 5 nitrogen and oxygen atoms in total. The molecule has 5 rings (SSSR count). The summed E-state index contributed by atoms with van der Waals surface area (Å²) in [5.41, 5.74) is 0.444. The average Bonchev–Trinajstić information content (AvgIpc) is 3.63. The van der Waals surface area contributed by atoms with E-state index in [1.165, 1.54) is 57.3 Å². The quantitative estimate of drug-likeness (QED) is 0.700. The summed E-state index contributed by atoms with van der Waals surface area (Å²) in [6.07, 6.45) is 9.32. The molecule has 3 heterocycles. The van der Waals surface area contributed by atoms with E-state index in [0.29, 0.717) is 35.8 Å². The van der Waals surface area contributed by atoms with Crippen molar-refractivity contribution in [3.8, 4) is 0 Å². The average molecular weight is 442 g/mol. The fourth-order valence-corrected chi connectivity index (χ4v) is 6.53. The molecule has 0 unspecified atom stereocenters. The Bertz CT molecular complexity index is 840. The number of hydrogen-bond donors (Lipinski definition) is 1. The molecule has 1 N–H and O–H groups in total. The number of carbonyl (C=O) groups is 2. The Balaban J connectivity index is 1.31. The molecule has 32 heavy (non-hydrogen) atoms. The lowest BCUT2D eigenvalue weighted by Gasteiger charge is -2.57. The van der Waals surface area contributed by atoms with Crippen molar-refractivity contribution in [2.45, 2.75) is 69.9 Å². The molecular formula is C26H36FN3O2. The van der Waals surface area contributed by atoms with E-state index in [9.17, 15) is 14.0 Å². The van der Waals surface area contributed by atoms with Crippen LogP contribution in [0.2, 0.25) is 0 Å². The number of likely N-dealkylation sites (tertiary alicyclic amines) is 1. The summed E-state index contributed by atoms with van der Waals surface area (Å²) in [4.78, 5) is 30.6. The van der Waals surface area contributed by atoms with Gasteiger partial charge in [-0.25, -0.2) is 4.39 Å². The van der Waals surface area contributed by atoms with Crippen molar-refractivity contribution in [2.24, 2.45) is 17.8 Å². The van der Waals surface area contributed by atoms with Gasteiger partial charge in [0.15, 0.2) is 0 Å². The third kappa shape index (κ3) is 4.70. The van der Waals surface area contributed by atoms with Gasteiger partial charge >= 0.3 is 0 Å². The minimum absolute atomic E-state index is 0.0474. The second kappa shape index (κ2) is 9.50. The Labute approximate surface area is 190 Å². The number of piperidine rings is 3. The van der Waals surface area contributed by atoms with Gasteiger partial charge in [0.1, 0.15) is 5.82 Å². The maximum absolute atomic E-state index is 13.9. The van der Waals surface area contributed by atoms with E-state index in [0.717, 1.165) is 32.4 Å². The molecule has 0 spiro atoms. The molecule has 1 aromatic rings. The summed E-state index contributed by atoms with van der Waals surface area (Å²) in [5.74, 6) is 1.37. The molecule has 0 bridgehead atoms. The summed E-state index contributed by atoms with van der Waals surface area (Å²) in [7, 11) is 0. The van der Waals surface area contributed by atoms with E-state index in [1.807, 2.05) is 0 Å². The standard InChI is InChI=1S/C26H36FN3O2/c27-21-7-1-5-19(15-21)26(32)30-17-20-6-3-13-29-14-4-8-22(25(20)29)23(30)9-2-10-24(31)28-16-18-11-12-18/h1,5,7,15,18,20,22-23,25H,2-4,6,8-14,16-17H2,(H,28,31)/t20-,22+,23+,25-/m0/s1. The van der Waals surface area contributed by atoms with Crippen LogP contribution in [-0.2, 0) is 4.79 Å². The van der Waals surface area contributed by atoms with Crippen LogP contribution in [0.4, 0.5) is 4.39 Å². The van der Waals surface area contributed by atoms with E-state index < -0.39 is 0 Å². The molecule has 3 aliphatic heterocycles. The van der Waals surface area contributed by atoms with Crippen molar-refractivity contribution in [3.05, 3.63) is 35.6 Å². The van der Waals surface area contributed by atoms with Gasteiger partial charge in [0.05, 0.1) is 0 Å². The van der Waals surface area contributed by atoms with Crippen LogP contribution in [0.1, 0.15) is 68.1 Å². The lowest BCUT2D eigenvalue weighted by molar-refractivity contribution is -0.121. The first-order valence-electron chi connectivity index (χ1n) is 12.7. The number of amides is 2. The molecule has 4 atom stereocenters. The molecule has 174 valence electrons. The maximum atomic E-state index is 13.9. The Morgan fingerprint density at radius 2 is 1.91 bits per heavy atom. The van der Waals surface area contributed by atoms with Crippen LogP contribution >= 0.6 is 0 Å². The number of carbonyl (C=O) groups excluding carboxylic acids is 2. The van der Waals surface area contributed by atoms with Gasteiger partial charge in [-0.3, -0.25) is 14.5 Å². The first-order chi connectivity index (χ1) is 15.6.